The second kappa shape index (κ2) is 13.9. The van der Waals surface area contributed by atoms with Crippen LogP contribution in [0.3, 0.4) is 0 Å². The Morgan fingerprint density at radius 1 is 1.00 bits per heavy atom. The van der Waals surface area contributed by atoms with Gasteiger partial charge in [0.25, 0.3) is 5.91 Å². The number of nitrogens with one attached hydrogen (secondary N) is 2. The molecule has 0 bridgehead atoms. The Morgan fingerprint density at radius 2 is 1.77 bits per heavy atom. The van der Waals surface area contributed by atoms with Crippen LogP contribution in [0.5, 0.6) is 5.75 Å². The first kappa shape index (κ1) is 31.0. The molecular formula is C32H29ClF2N6O2S. The number of carbonyl (C=O) groups excluding carboxylic acids is 1. The molecule has 0 aliphatic heterocycles. The summed E-state index contributed by atoms with van der Waals surface area (Å²) in [5.74, 6) is -1.80. The number of ether oxygens (including phenoxy) is 1. The third kappa shape index (κ3) is 7.36. The molecule has 226 valence electrons. The summed E-state index contributed by atoms with van der Waals surface area (Å²) in [5.41, 5.74) is 2.42. The smallest absolute Gasteiger partial charge is 0.261 e. The molecule has 0 atom stereocenters. The maximum atomic E-state index is 14.2. The Balaban J connectivity index is 1.39. The summed E-state index contributed by atoms with van der Waals surface area (Å²) < 4.78 is 34.1. The highest BCUT2D eigenvalue weighted by Gasteiger charge is 2.19. The lowest BCUT2D eigenvalue weighted by Gasteiger charge is -2.13. The third-order valence-corrected chi connectivity index (χ3v) is 7.95. The van der Waals surface area contributed by atoms with Gasteiger partial charge in [-0.25, -0.2) is 23.7 Å². The summed E-state index contributed by atoms with van der Waals surface area (Å²) in [6, 6.07) is 17.4. The lowest BCUT2D eigenvalue weighted by molar-refractivity contribution is 0.101. The van der Waals surface area contributed by atoms with E-state index in [0.29, 0.717) is 58.1 Å². The number of likely N-dealkylation sites (N-methyl/N-ethyl adjacent to an activating group) is 1. The quantitative estimate of drug-likeness (QED) is 0.154. The normalized spacial score (nSPS) is 11.1. The van der Waals surface area contributed by atoms with Crippen molar-refractivity contribution in [3.63, 3.8) is 0 Å². The van der Waals surface area contributed by atoms with E-state index in [4.69, 9.17) is 26.3 Å². The van der Waals surface area contributed by atoms with Gasteiger partial charge in [0, 0.05) is 29.7 Å². The molecular weight excluding hydrogens is 606 g/mol. The second-order valence-electron chi connectivity index (χ2n) is 9.96. The van der Waals surface area contributed by atoms with Gasteiger partial charge in [-0.3, -0.25) is 4.79 Å². The van der Waals surface area contributed by atoms with Crippen LogP contribution in [-0.2, 0) is 6.42 Å². The van der Waals surface area contributed by atoms with Crippen LogP contribution in [0.2, 0.25) is 5.02 Å². The summed E-state index contributed by atoms with van der Waals surface area (Å²) in [7, 11) is 3.95. The summed E-state index contributed by atoms with van der Waals surface area (Å²) in [4.78, 5) is 29.5. The summed E-state index contributed by atoms with van der Waals surface area (Å²) in [6.45, 7) is 3.29. The maximum absolute atomic E-state index is 14.2. The summed E-state index contributed by atoms with van der Waals surface area (Å²) in [6.07, 6.45) is 2.36. The van der Waals surface area contributed by atoms with Crippen LogP contribution in [0.25, 0.3) is 21.8 Å². The van der Waals surface area contributed by atoms with E-state index in [1.165, 1.54) is 17.4 Å². The van der Waals surface area contributed by atoms with Crippen molar-refractivity contribution >= 4 is 46.2 Å². The molecule has 1 amide bonds. The number of halogens is 3. The van der Waals surface area contributed by atoms with Gasteiger partial charge in [-0.1, -0.05) is 36.7 Å². The molecule has 0 aliphatic rings. The van der Waals surface area contributed by atoms with E-state index in [0.717, 1.165) is 28.6 Å². The van der Waals surface area contributed by atoms with Crippen LogP contribution in [0.1, 0.15) is 22.3 Å². The average molecular weight is 635 g/mol. The number of rotatable bonds is 11. The van der Waals surface area contributed by atoms with Crippen molar-refractivity contribution in [2.75, 3.05) is 37.9 Å². The molecule has 3 aromatic carbocycles. The van der Waals surface area contributed by atoms with Crippen LogP contribution >= 0.6 is 22.9 Å². The summed E-state index contributed by atoms with van der Waals surface area (Å²) in [5, 5.41) is 7.14. The maximum Gasteiger partial charge on any atom is 0.261 e. The number of thiazole rings is 1. The van der Waals surface area contributed by atoms with E-state index in [1.807, 2.05) is 38.1 Å². The first-order chi connectivity index (χ1) is 21.2. The van der Waals surface area contributed by atoms with Gasteiger partial charge in [0.05, 0.1) is 26.3 Å². The monoisotopic (exact) mass is 634 g/mol. The number of hydrogen-bond donors (Lipinski definition) is 2. The molecule has 2 aromatic heterocycles. The molecule has 0 unspecified atom stereocenters. The number of hydrogen-bond acceptors (Lipinski definition) is 8. The van der Waals surface area contributed by atoms with E-state index >= 15 is 0 Å². The van der Waals surface area contributed by atoms with Crippen molar-refractivity contribution in [3.8, 4) is 27.6 Å². The number of anilines is 3. The molecule has 0 saturated heterocycles. The second-order valence-corrected chi connectivity index (χ2v) is 11.4. The standard InChI is InChI=1S/C32H29ClF2N6O2S/c1-4-27-40-29(19-7-5-8-20(17-19)37-31(42)28-23(34)9-6-10-24(28)35)30(44-27)25-13-14-36-32(39-25)38-21-11-12-26(22(33)18-21)43-16-15-41(2)3/h5-14,17-18H,4,15-16H2,1-3H3,(H,37,42)(H,36,38,39). The van der Waals surface area contributed by atoms with Gasteiger partial charge in [-0.15, -0.1) is 11.3 Å². The molecule has 44 heavy (non-hydrogen) atoms. The molecule has 8 nitrogen and oxygen atoms in total. The zero-order valence-corrected chi connectivity index (χ0v) is 25.8. The van der Waals surface area contributed by atoms with Gasteiger partial charge >= 0.3 is 0 Å². The van der Waals surface area contributed by atoms with Crippen molar-refractivity contribution in [1.29, 1.82) is 0 Å². The highest BCUT2D eigenvalue weighted by molar-refractivity contribution is 7.15. The number of aryl methyl sites for hydroxylation is 1. The fraction of sp³-hybridized carbons (Fsp3) is 0.188. The van der Waals surface area contributed by atoms with Crippen molar-refractivity contribution in [2.45, 2.75) is 13.3 Å². The fourth-order valence-electron chi connectivity index (χ4n) is 4.25. The number of amides is 1. The zero-order chi connectivity index (χ0) is 31.2. The Labute approximate surface area is 262 Å². The number of benzene rings is 3. The number of carbonyl (C=O) groups is 1. The Hall–Kier alpha value is -4.45. The predicted octanol–water partition coefficient (Wildman–Crippen LogP) is 7.70. The van der Waals surface area contributed by atoms with Gasteiger partial charge in [0.15, 0.2) is 0 Å². The van der Waals surface area contributed by atoms with Crippen molar-refractivity contribution in [2.24, 2.45) is 0 Å². The van der Waals surface area contributed by atoms with E-state index in [9.17, 15) is 13.6 Å². The van der Waals surface area contributed by atoms with Crippen molar-refractivity contribution in [3.05, 3.63) is 100 Å². The first-order valence-corrected chi connectivity index (χ1v) is 14.9. The highest BCUT2D eigenvalue weighted by Crippen LogP contribution is 2.37. The molecule has 5 rings (SSSR count). The van der Waals surface area contributed by atoms with Crippen LogP contribution in [0.4, 0.5) is 26.1 Å². The minimum absolute atomic E-state index is 0.364. The third-order valence-electron chi connectivity index (χ3n) is 6.43. The molecule has 0 radical (unpaired) electrons. The molecule has 12 heteroatoms. The predicted molar refractivity (Wildman–Crippen MR) is 171 cm³/mol. The van der Waals surface area contributed by atoms with Crippen molar-refractivity contribution in [1.82, 2.24) is 19.9 Å². The van der Waals surface area contributed by atoms with Crippen LogP contribution in [0.15, 0.2) is 72.9 Å². The van der Waals surface area contributed by atoms with Crippen LogP contribution in [0, 0.1) is 11.6 Å². The zero-order valence-electron chi connectivity index (χ0n) is 24.2. The van der Waals surface area contributed by atoms with E-state index in [-0.39, 0.29) is 0 Å². The van der Waals surface area contributed by atoms with Crippen molar-refractivity contribution < 1.29 is 18.3 Å². The Bertz CT molecular complexity index is 1780. The molecule has 2 heterocycles. The van der Waals surface area contributed by atoms with Gasteiger partial charge < -0.3 is 20.3 Å². The van der Waals surface area contributed by atoms with E-state index < -0.39 is 23.1 Å². The molecule has 0 aliphatic carbocycles. The van der Waals surface area contributed by atoms with Gasteiger partial charge in [0.2, 0.25) is 5.95 Å². The molecule has 0 fully saturated rings. The molecule has 0 saturated carbocycles. The van der Waals surface area contributed by atoms with Gasteiger partial charge in [-0.05, 0) is 69.0 Å². The fourth-order valence-corrected chi connectivity index (χ4v) is 5.48. The van der Waals surface area contributed by atoms with Crippen LogP contribution in [-0.4, -0.2) is 53.0 Å². The average Bonchev–Trinajstić information content (AvgIpc) is 3.43. The van der Waals surface area contributed by atoms with Gasteiger partial charge in [-0.2, -0.15) is 0 Å². The minimum atomic E-state index is -0.937. The lowest BCUT2D eigenvalue weighted by atomic mass is 10.1. The molecule has 2 N–H and O–H groups in total. The number of nitrogens with zero attached hydrogens (tertiary/aromatic N) is 4. The Morgan fingerprint density at radius 3 is 2.50 bits per heavy atom. The molecule has 5 aromatic rings. The van der Waals surface area contributed by atoms with Gasteiger partial charge in [0.1, 0.15) is 29.6 Å². The minimum Gasteiger partial charge on any atom is -0.491 e. The largest absolute Gasteiger partial charge is 0.491 e. The first-order valence-electron chi connectivity index (χ1n) is 13.7. The highest BCUT2D eigenvalue weighted by atomic mass is 35.5. The van der Waals surface area contributed by atoms with E-state index in [1.54, 1.807) is 42.6 Å². The lowest BCUT2D eigenvalue weighted by Crippen LogP contribution is -2.19. The topological polar surface area (TPSA) is 92.3 Å². The molecule has 0 spiro atoms. The SMILES string of the molecule is CCc1nc(-c2cccc(NC(=O)c3c(F)cccc3F)c2)c(-c2ccnc(Nc3ccc(OCCN(C)C)c(Cl)c3)n2)s1. The summed E-state index contributed by atoms with van der Waals surface area (Å²) >= 11 is 7.95. The van der Waals surface area contributed by atoms with Crippen LogP contribution < -0.4 is 15.4 Å². The Kier molecular flexibility index (Phi) is 9.78. The van der Waals surface area contributed by atoms with E-state index in [2.05, 4.69) is 15.6 Å². The number of aromatic nitrogens is 3.